The Morgan fingerprint density at radius 3 is 1.89 bits per heavy atom. The van der Waals surface area contributed by atoms with Gasteiger partial charge in [0.15, 0.2) is 0 Å². The average Bonchev–Trinajstić information content (AvgIpc) is 2.52. The summed E-state index contributed by atoms with van der Waals surface area (Å²) in [6.45, 7) is 1.14. The number of carbonyl (C=O) groups excluding carboxylic acids is 1. The molecular weight excluding hydrogens is 257 g/mol. The van der Waals surface area contributed by atoms with E-state index in [9.17, 15) is 26.7 Å². The molecule has 0 amide bonds. The van der Waals surface area contributed by atoms with Crippen molar-refractivity contribution in [3.05, 3.63) is 12.3 Å². The molecule has 0 aromatic heterocycles. The number of halogens is 5. The molecule has 0 aliphatic carbocycles. The maximum absolute atomic E-state index is 12.6. The summed E-state index contributed by atoms with van der Waals surface area (Å²) in [6, 6.07) is 0. The van der Waals surface area contributed by atoms with Gasteiger partial charge in [-0.2, -0.15) is 22.0 Å². The zero-order chi connectivity index (χ0) is 13.8. The molecule has 1 saturated heterocycles. The second-order valence-corrected chi connectivity index (χ2v) is 4.20. The van der Waals surface area contributed by atoms with Crippen LogP contribution in [-0.2, 0) is 4.79 Å². The van der Waals surface area contributed by atoms with Gasteiger partial charge in [0, 0.05) is 25.4 Å². The Morgan fingerprint density at radius 2 is 1.44 bits per heavy atom. The number of nitrogens with zero attached hydrogens (tertiary/aromatic N) is 1. The van der Waals surface area contributed by atoms with E-state index in [-0.39, 0.29) is 0 Å². The highest BCUT2D eigenvalue weighted by atomic mass is 19.4. The monoisotopic (exact) mass is 271 g/mol. The molecule has 1 rings (SSSR count). The van der Waals surface area contributed by atoms with E-state index < -0.39 is 17.9 Å². The normalized spacial score (nSPS) is 19.1. The summed E-state index contributed by atoms with van der Waals surface area (Å²) in [5.41, 5.74) is 0. The Hall–Kier alpha value is -1.14. The highest BCUT2D eigenvalue weighted by Gasteiger charge is 2.62. The fraction of sp³-hybridized carbons (Fsp3) is 0.727. The summed E-state index contributed by atoms with van der Waals surface area (Å²) in [6.07, 6.45) is -0.810. The summed E-state index contributed by atoms with van der Waals surface area (Å²) >= 11 is 0. The van der Waals surface area contributed by atoms with E-state index in [4.69, 9.17) is 0 Å². The molecule has 0 radical (unpaired) electrons. The molecule has 7 heteroatoms. The van der Waals surface area contributed by atoms with Crippen LogP contribution in [0.1, 0.15) is 25.7 Å². The Morgan fingerprint density at radius 1 is 0.944 bits per heavy atom. The summed E-state index contributed by atoms with van der Waals surface area (Å²) < 4.78 is 60.9. The SMILES string of the molecule is O=C(C=CN1CCCCCC1)C(F)(F)C(F)(F)F. The third kappa shape index (κ3) is 3.68. The van der Waals surface area contributed by atoms with E-state index in [0.29, 0.717) is 19.2 Å². The largest absolute Gasteiger partial charge is 0.461 e. The lowest BCUT2D eigenvalue weighted by Crippen LogP contribution is -2.43. The van der Waals surface area contributed by atoms with Crippen LogP contribution in [0, 0.1) is 0 Å². The highest BCUT2D eigenvalue weighted by molar-refractivity contribution is 5.96. The van der Waals surface area contributed by atoms with Gasteiger partial charge in [-0.25, -0.2) is 0 Å². The van der Waals surface area contributed by atoms with Crippen LogP contribution in [-0.4, -0.2) is 35.9 Å². The number of allylic oxidation sites excluding steroid dienone is 1. The van der Waals surface area contributed by atoms with Gasteiger partial charge >= 0.3 is 12.1 Å². The summed E-state index contributed by atoms with van der Waals surface area (Å²) in [5, 5.41) is 0. The van der Waals surface area contributed by atoms with Crippen LogP contribution in [0.5, 0.6) is 0 Å². The van der Waals surface area contributed by atoms with Crippen molar-refractivity contribution in [2.75, 3.05) is 13.1 Å². The third-order valence-electron chi connectivity index (χ3n) is 2.74. The van der Waals surface area contributed by atoms with Crippen LogP contribution >= 0.6 is 0 Å². The lowest BCUT2D eigenvalue weighted by molar-refractivity contribution is -0.266. The van der Waals surface area contributed by atoms with Crippen molar-refractivity contribution in [3.63, 3.8) is 0 Å². The predicted octanol–water partition coefficient (Wildman–Crippen LogP) is 3.14. The molecule has 0 saturated carbocycles. The molecule has 0 spiro atoms. The van der Waals surface area contributed by atoms with Crippen LogP contribution in [0.15, 0.2) is 12.3 Å². The molecule has 1 aliphatic heterocycles. The second-order valence-electron chi connectivity index (χ2n) is 4.20. The fourth-order valence-corrected chi connectivity index (χ4v) is 1.66. The van der Waals surface area contributed by atoms with Crippen molar-refractivity contribution in [1.29, 1.82) is 0 Å². The molecule has 1 fully saturated rings. The molecule has 0 atom stereocenters. The van der Waals surface area contributed by atoms with Gasteiger partial charge in [-0.3, -0.25) is 4.79 Å². The van der Waals surface area contributed by atoms with Crippen molar-refractivity contribution in [2.45, 2.75) is 37.8 Å². The Kier molecular flexibility index (Phi) is 4.70. The first-order valence-electron chi connectivity index (χ1n) is 5.66. The van der Waals surface area contributed by atoms with E-state index in [1.54, 1.807) is 4.90 Å². The van der Waals surface area contributed by atoms with Crippen LogP contribution in [0.4, 0.5) is 22.0 Å². The molecule has 0 N–H and O–H groups in total. The van der Waals surface area contributed by atoms with E-state index in [2.05, 4.69) is 0 Å². The zero-order valence-electron chi connectivity index (χ0n) is 9.64. The highest BCUT2D eigenvalue weighted by Crippen LogP contribution is 2.36. The number of carbonyl (C=O) groups is 1. The Bertz CT molecular complexity index is 316. The minimum Gasteiger partial charge on any atom is -0.377 e. The van der Waals surface area contributed by atoms with Crippen LogP contribution < -0.4 is 0 Å². The van der Waals surface area contributed by atoms with Crippen molar-refractivity contribution >= 4 is 5.78 Å². The van der Waals surface area contributed by atoms with Crippen LogP contribution in [0.2, 0.25) is 0 Å². The molecule has 104 valence electrons. The van der Waals surface area contributed by atoms with Gasteiger partial charge in [-0.15, -0.1) is 0 Å². The van der Waals surface area contributed by atoms with E-state index in [1.807, 2.05) is 0 Å². The molecule has 1 heterocycles. The molecule has 1 aliphatic rings. The first-order valence-corrected chi connectivity index (χ1v) is 5.66. The number of rotatable bonds is 3. The lowest BCUT2D eigenvalue weighted by Gasteiger charge is -2.19. The number of hydrogen-bond donors (Lipinski definition) is 0. The summed E-state index contributed by atoms with van der Waals surface area (Å²) in [5.74, 6) is -7.53. The van der Waals surface area contributed by atoms with Gasteiger partial charge in [-0.1, -0.05) is 12.8 Å². The molecule has 0 aromatic rings. The number of ketones is 1. The van der Waals surface area contributed by atoms with Crippen LogP contribution in [0.25, 0.3) is 0 Å². The molecule has 2 nitrogen and oxygen atoms in total. The van der Waals surface area contributed by atoms with Crippen molar-refractivity contribution in [1.82, 2.24) is 4.90 Å². The average molecular weight is 271 g/mol. The zero-order valence-corrected chi connectivity index (χ0v) is 9.64. The smallest absolute Gasteiger partial charge is 0.377 e. The lowest BCUT2D eigenvalue weighted by atomic mass is 10.2. The van der Waals surface area contributed by atoms with Gasteiger partial charge in [0.2, 0.25) is 5.78 Å². The molecule has 0 unspecified atom stereocenters. The van der Waals surface area contributed by atoms with Gasteiger partial charge in [0.25, 0.3) is 0 Å². The summed E-state index contributed by atoms with van der Waals surface area (Å²) in [4.78, 5) is 12.5. The van der Waals surface area contributed by atoms with Crippen molar-refractivity contribution in [3.8, 4) is 0 Å². The molecule has 0 aromatic carbocycles. The van der Waals surface area contributed by atoms with Crippen LogP contribution in [0.3, 0.4) is 0 Å². The molecular formula is C11H14F5NO. The quantitative estimate of drug-likeness (QED) is 0.580. The van der Waals surface area contributed by atoms with Crippen molar-refractivity contribution in [2.24, 2.45) is 0 Å². The molecule has 0 bridgehead atoms. The predicted molar refractivity (Wildman–Crippen MR) is 55.2 cm³/mol. The van der Waals surface area contributed by atoms with E-state index >= 15 is 0 Å². The maximum atomic E-state index is 12.6. The Balaban J connectivity index is 2.63. The first kappa shape index (κ1) is 14.9. The maximum Gasteiger partial charge on any atom is 0.461 e. The summed E-state index contributed by atoms with van der Waals surface area (Å²) in [7, 11) is 0. The fourth-order valence-electron chi connectivity index (χ4n) is 1.66. The number of alkyl halides is 5. The van der Waals surface area contributed by atoms with Gasteiger partial charge in [0.1, 0.15) is 0 Å². The van der Waals surface area contributed by atoms with Crippen molar-refractivity contribution < 1.29 is 26.7 Å². The van der Waals surface area contributed by atoms with E-state index in [1.165, 1.54) is 0 Å². The minimum absolute atomic E-state index is 0.318. The standard InChI is InChI=1S/C11H14F5NO/c12-10(13,11(14,15)16)9(18)5-8-17-6-3-1-2-4-7-17/h5,8H,1-4,6-7H2. The Labute approximate surface area is 101 Å². The number of hydrogen-bond acceptors (Lipinski definition) is 2. The second kappa shape index (κ2) is 5.67. The minimum atomic E-state index is -5.84. The number of likely N-dealkylation sites (tertiary alicyclic amines) is 1. The molecule has 18 heavy (non-hydrogen) atoms. The van der Waals surface area contributed by atoms with Gasteiger partial charge < -0.3 is 4.90 Å². The topological polar surface area (TPSA) is 20.3 Å². The van der Waals surface area contributed by atoms with Gasteiger partial charge in [0.05, 0.1) is 0 Å². The third-order valence-corrected chi connectivity index (χ3v) is 2.74. The van der Waals surface area contributed by atoms with Gasteiger partial charge in [-0.05, 0) is 12.8 Å². The first-order chi connectivity index (χ1) is 8.25. The van der Waals surface area contributed by atoms with E-state index in [0.717, 1.165) is 31.9 Å².